The molecule has 1 heterocycles. The molecule has 0 radical (unpaired) electrons. The van der Waals surface area contributed by atoms with E-state index in [1.807, 2.05) is 30.3 Å². The van der Waals surface area contributed by atoms with Crippen LogP contribution >= 0.6 is 0 Å². The maximum atomic E-state index is 9.21. The van der Waals surface area contributed by atoms with Gasteiger partial charge in [-0.05, 0) is 78.9 Å². The van der Waals surface area contributed by atoms with Gasteiger partial charge in [-0.15, -0.1) is 0 Å². The van der Waals surface area contributed by atoms with E-state index in [0.29, 0.717) is 11.5 Å². The molecule has 0 saturated heterocycles. The summed E-state index contributed by atoms with van der Waals surface area (Å²) in [4.78, 5) is 0. The summed E-state index contributed by atoms with van der Waals surface area (Å²) >= 11 is 0. The Morgan fingerprint density at radius 3 is 2.72 bits per heavy atom. The predicted octanol–water partition coefficient (Wildman–Crippen LogP) is 5.61. The standard InChI is InChI=1S/C26H24N4O2/c1-31-24-11-7-18(13-25(24)32-2)26-21-14-19(8-10-23(21)29-30-26)28-22-5-3-4-17-12-16(15-27)6-9-20(17)22/h6-14,22,28H,3-5H2,1-2H3,(H,29,30). The summed E-state index contributed by atoms with van der Waals surface area (Å²) in [6.07, 6.45) is 3.18. The van der Waals surface area contributed by atoms with E-state index in [1.54, 1.807) is 14.2 Å². The van der Waals surface area contributed by atoms with Gasteiger partial charge in [-0.3, -0.25) is 5.10 Å². The van der Waals surface area contributed by atoms with Gasteiger partial charge in [-0.2, -0.15) is 10.4 Å². The van der Waals surface area contributed by atoms with Crippen LogP contribution in [0.25, 0.3) is 22.2 Å². The number of benzene rings is 3. The highest BCUT2D eigenvalue weighted by atomic mass is 16.5. The molecule has 1 aliphatic rings. The Labute approximate surface area is 186 Å². The molecule has 3 aromatic carbocycles. The van der Waals surface area contributed by atoms with Crippen molar-refractivity contribution in [3.8, 4) is 28.8 Å². The molecule has 1 unspecified atom stereocenters. The van der Waals surface area contributed by atoms with Crippen molar-refractivity contribution in [1.82, 2.24) is 10.2 Å². The maximum absolute atomic E-state index is 9.21. The van der Waals surface area contributed by atoms with Gasteiger partial charge in [0.15, 0.2) is 11.5 Å². The molecule has 4 aromatic rings. The van der Waals surface area contributed by atoms with E-state index in [0.717, 1.165) is 52.7 Å². The number of nitrogens with one attached hydrogen (secondary N) is 2. The molecule has 0 aliphatic heterocycles. The predicted molar refractivity (Wildman–Crippen MR) is 125 cm³/mol. The van der Waals surface area contributed by atoms with E-state index in [9.17, 15) is 5.26 Å². The van der Waals surface area contributed by atoms with Gasteiger partial charge in [0, 0.05) is 16.6 Å². The van der Waals surface area contributed by atoms with Gasteiger partial charge in [-0.25, -0.2) is 0 Å². The number of nitrogens with zero attached hydrogens (tertiary/aromatic N) is 2. The van der Waals surface area contributed by atoms with Crippen LogP contribution in [0, 0.1) is 11.3 Å². The lowest BCUT2D eigenvalue weighted by molar-refractivity contribution is 0.355. The van der Waals surface area contributed by atoms with Crippen LogP contribution in [-0.4, -0.2) is 24.4 Å². The normalized spacial score (nSPS) is 15.1. The molecular formula is C26H24N4O2. The third-order valence-corrected chi connectivity index (χ3v) is 6.15. The molecule has 0 spiro atoms. The first-order valence-electron chi connectivity index (χ1n) is 10.7. The van der Waals surface area contributed by atoms with E-state index < -0.39 is 0 Å². The number of hydrogen-bond donors (Lipinski definition) is 2. The highest BCUT2D eigenvalue weighted by molar-refractivity contribution is 5.95. The van der Waals surface area contributed by atoms with Crippen molar-refractivity contribution in [2.75, 3.05) is 19.5 Å². The fourth-order valence-corrected chi connectivity index (χ4v) is 4.54. The summed E-state index contributed by atoms with van der Waals surface area (Å²) in [6.45, 7) is 0. The number of H-pyrrole nitrogens is 1. The monoisotopic (exact) mass is 424 g/mol. The lowest BCUT2D eigenvalue weighted by Crippen LogP contribution is -2.17. The zero-order chi connectivity index (χ0) is 22.1. The maximum Gasteiger partial charge on any atom is 0.161 e. The Morgan fingerprint density at radius 1 is 1.03 bits per heavy atom. The number of hydrogen-bond acceptors (Lipinski definition) is 5. The minimum absolute atomic E-state index is 0.223. The molecule has 0 fully saturated rings. The average Bonchev–Trinajstić information content (AvgIpc) is 3.26. The van der Waals surface area contributed by atoms with Crippen molar-refractivity contribution < 1.29 is 9.47 Å². The quantitative estimate of drug-likeness (QED) is 0.435. The van der Waals surface area contributed by atoms with Crippen molar-refractivity contribution in [2.45, 2.75) is 25.3 Å². The Balaban J connectivity index is 1.49. The Bertz CT molecular complexity index is 1340. The molecule has 160 valence electrons. The Hall–Kier alpha value is -3.98. The number of rotatable bonds is 5. The molecule has 0 amide bonds. The second-order valence-electron chi connectivity index (χ2n) is 8.02. The third-order valence-electron chi connectivity index (χ3n) is 6.15. The van der Waals surface area contributed by atoms with Crippen LogP contribution in [-0.2, 0) is 6.42 Å². The first-order chi connectivity index (χ1) is 15.7. The number of methoxy groups -OCH3 is 2. The summed E-state index contributed by atoms with van der Waals surface area (Å²) in [7, 11) is 3.26. The van der Waals surface area contributed by atoms with Crippen LogP contribution in [0.3, 0.4) is 0 Å². The fourth-order valence-electron chi connectivity index (χ4n) is 4.54. The summed E-state index contributed by atoms with van der Waals surface area (Å²) in [5.41, 5.74) is 7.12. The van der Waals surface area contributed by atoms with E-state index >= 15 is 0 Å². The second-order valence-corrected chi connectivity index (χ2v) is 8.02. The Kier molecular flexibility index (Phi) is 5.16. The van der Waals surface area contributed by atoms with Crippen LogP contribution in [0.2, 0.25) is 0 Å². The highest BCUT2D eigenvalue weighted by Gasteiger charge is 2.21. The van der Waals surface area contributed by atoms with Crippen LogP contribution in [0.4, 0.5) is 5.69 Å². The third kappa shape index (κ3) is 3.52. The van der Waals surface area contributed by atoms with Gasteiger partial charge in [0.1, 0.15) is 5.69 Å². The average molecular weight is 425 g/mol. The summed E-state index contributed by atoms with van der Waals surface area (Å²) < 4.78 is 10.8. The molecule has 6 heteroatoms. The van der Waals surface area contributed by atoms with Gasteiger partial charge in [0.25, 0.3) is 0 Å². The van der Waals surface area contributed by atoms with Gasteiger partial charge in [0.2, 0.25) is 0 Å². The van der Waals surface area contributed by atoms with Crippen molar-refractivity contribution >= 4 is 16.6 Å². The molecule has 1 aromatic heterocycles. The van der Waals surface area contributed by atoms with Gasteiger partial charge >= 0.3 is 0 Å². The van der Waals surface area contributed by atoms with Gasteiger partial charge in [0.05, 0.1) is 37.4 Å². The molecule has 5 rings (SSSR count). The molecule has 0 saturated carbocycles. The van der Waals surface area contributed by atoms with E-state index in [1.165, 1.54) is 11.1 Å². The molecular weight excluding hydrogens is 400 g/mol. The number of aromatic amines is 1. The molecule has 1 atom stereocenters. The van der Waals surface area contributed by atoms with E-state index in [4.69, 9.17) is 9.47 Å². The molecule has 6 nitrogen and oxygen atoms in total. The minimum Gasteiger partial charge on any atom is -0.493 e. The highest BCUT2D eigenvalue weighted by Crippen LogP contribution is 2.37. The summed E-state index contributed by atoms with van der Waals surface area (Å²) in [6, 6.07) is 20.6. The van der Waals surface area contributed by atoms with Crippen molar-refractivity contribution in [2.24, 2.45) is 0 Å². The summed E-state index contributed by atoms with van der Waals surface area (Å²) in [5, 5.41) is 21.7. The van der Waals surface area contributed by atoms with Gasteiger partial charge < -0.3 is 14.8 Å². The second kappa shape index (κ2) is 8.27. The first-order valence-corrected chi connectivity index (χ1v) is 10.7. The Morgan fingerprint density at radius 2 is 1.91 bits per heavy atom. The van der Waals surface area contributed by atoms with E-state index in [2.05, 4.69) is 45.8 Å². The van der Waals surface area contributed by atoms with Crippen LogP contribution in [0.15, 0.2) is 54.6 Å². The number of fused-ring (bicyclic) bond motifs is 2. The molecule has 0 bridgehead atoms. The smallest absolute Gasteiger partial charge is 0.161 e. The lowest BCUT2D eigenvalue weighted by atomic mass is 9.86. The number of nitriles is 1. The largest absolute Gasteiger partial charge is 0.493 e. The van der Waals surface area contributed by atoms with Crippen LogP contribution < -0.4 is 14.8 Å². The zero-order valence-corrected chi connectivity index (χ0v) is 18.1. The van der Waals surface area contributed by atoms with Gasteiger partial charge in [-0.1, -0.05) is 6.07 Å². The lowest BCUT2D eigenvalue weighted by Gasteiger charge is -2.27. The summed E-state index contributed by atoms with van der Waals surface area (Å²) in [5.74, 6) is 1.36. The van der Waals surface area contributed by atoms with E-state index in [-0.39, 0.29) is 6.04 Å². The molecule has 1 aliphatic carbocycles. The van der Waals surface area contributed by atoms with Crippen LogP contribution in [0.5, 0.6) is 11.5 Å². The minimum atomic E-state index is 0.223. The number of ether oxygens (including phenoxy) is 2. The number of aryl methyl sites for hydroxylation is 1. The van der Waals surface area contributed by atoms with Crippen molar-refractivity contribution in [3.63, 3.8) is 0 Å². The van der Waals surface area contributed by atoms with Crippen molar-refractivity contribution in [1.29, 1.82) is 5.26 Å². The first kappa shape index (κ1) is 20.0. The number of anilines is 1. The topological polar surface area (TPSA) is 83.0 Å². The molecule has 2 N–H and O–H groups in total. The zero-order valence-electron chi connectivity index (χ0n) is 18.1. The van der Waals surface area contributed by atoms with Crippen LogP contribution in [0.1, 0.15) is 35.6 Å². The number of aromatic nitrogens is 2. The molecule has 32 heavy (non-hydrogen) atoms. The fraction of sp³-hybridized carbons (Fsp3) is 0.231. The SMILES string of the molecule is COc1ccc(-c2n[nH]c3ccc(NC4CCCc5cc(C#N)ccc54)cc23)cc1OC. The van der Waals surface area contributed by atoms with Crippen molar-refractivity contribution in [3.05, 3.63) is 71.3 Å².